The van der Waals surface area contributed by atoms with E-state index in [0.29, 0.717) is 16.0 Å². The minimum absolute atomic E-state index is 0.0132. The molecular formula is C19H27ClN2O2S. The Morgan fingerprint density at radius 1 is 1.36 bits per heavy atom. The van der Waals surface area contributed by atoms with Gasteiger partial charge in [-0.2, -0.15) is 0 Å². The van der Waals surface area contributed by atoms with Crippen molar-refractivity contribution in [2.45, 2.75) is 67.8 Å². The number of hydrogen-bond acceptors (Lipinski definition) is 4. The van der Waals surface area contributed by atoms with Crippen molar-refractivity contribution in [1.82, 2.24) is 10.2 Å². The topological polar surface area (TPSA) is 41.6 Å². The molecule has 1 N–H and O–H groups in total. The van der Waals surface area contributed by atoms with E-state index in [9.17, 15) is 4.79 Å². The maximum absolute atomic E-state index is 11.7. The summed E-state index contributed by atoms with van der Waals surface area (Å²) in [6.45, 7) is 3.87. The van der Waals surface area contributed by atoms with Crippen molar-refractivity contribution >= 4 is 29.3 Å². The van der Waals surface area contributed by atoms with Crippen LogP contribution in [0.5, 0.6) is 5.75 Å². The van der Waals surface area contributed by atoms with Crippen molar-refractivity contribution in [1.29, 1.82) is 0 Å². The minimum atomic E-state index is -0.119. The van der Waals surface area contributed by atoms with E-state index in [1.807, 2.05) is 43.8 Å². The zero-order chi connectivity index (χ0) is 18.0. The first-order valence-electron chi connectivity index (χ1n) is 9.02. The Hall–Kier alpha value is -0.910. The van der Waals surface area contributed by atoms with Crippen molar-refractivity contribution < 1.29 is 9.53 Å². The Balaban J connectivity index is 1.54. The van der Waals surface area contributed by atoms with E-state index >= 15 is 0 Å². The van der Waals surface area contributed by atoms with Crippen molar-refractivity contribution in [2.24, 2.45) is 0 Å². The lowest BCUT2D eigenvalue weighted by atomic mass is 10.0. The summed E-state index contributed by atoms with van der Waals surface area (Å²) >= 11 is 8.34. The van der Waals surface area contributed by atoms with Gasteiger partial charge in [-0.05, 0) is 64.8 Å². The molecule has 2 atom stereocenters. The van der Waals surface area contributed by atoms with Gasteiger partial charge in [0.2, 0.25) is 0 Å². The molecule has 138 valence electrons. The molecule has 0 aliphatic carbocycles. The molecule has 3 rings (SSSR count). The average Bonchev–Trinajstić information content (AvgIpc) is 2.77. The molecule has 4 nitrogen and oxygen atoms in total. The first-order valence-corrected chi connectivity index (χ1v) is 10.3. The highest BCUT2D eigenvalue weighted by Gasteiger charge is 2.38. The zero-order valence-corrected chi connectivity index (χ0v) is 16.7. The Labute approximate surface area is 159 Å². The third-order valence-electron chi connectivity index (χ3n) is 5.07. The van der Waals surface area contributed by atoms with Gasteiger partial charge in [0.25, 0.3) is 5.91 Å². The molecule has 2 aliphatic heterocycles. The first-order chi connectivity index (χ1) is 11.9. The van der Waals surface area contributed by atoms with Crippen LogP contribution < -0.4 is 10.1 Å². The Morgan fingerprint density at radius 2 is 2.04 bits per heavy atom. The molecule has 0 radical (unpaired) electrons. The summed E-state index contributed by atoms with van der Waals surface area (Å²) in [4.78, 5) is 15.3. The fraction of sp³-hybridized carbons (Fsp3) is 0.632. The van der Waals surface area contributed by atoms with Gasteiger partial charge in [0.1, 0.15) is 5.75 Å². The smallest absolute Gasteiger partial charge is 0.258 e. The van der Waals surface area contributed by atoms with E-state index in [4.69, 9.17) is 16.3 Å². The van der Waals surface area contributed by atoms with Crippen LogP contribution in [0, 0.1) is 0 Å². The molecule has 2 aliphatic rings. The molecule has 2 heterocycles. The van der Waals surface area contributed by atoms with Crippen LogP contribution in [0.2, 0.25) is 5.02 Å². The number of thioether (sulfide) groups is 1. The van der Waals surface area contributed by atoms with E-state index in [0.717, 1.165) is 17.0 Å². The SMILES string of the molecule is CC(C)NC(=O)COc1ccc(SC2CC3CCC(C2)N3C)c(Cl)c1. The quantitative estimate of drug-likeness (QED) is 0.808. The van der Waals surface area contributed by atoms with Gasteiger partial charge in [-0.1, -0.05) is 11.6 Å². The van der Waals surface area contributed by atoms with Crippen LogP contribution in [0.3, 0.4) is 0 Å². The Bertz CT molecular complexity index is 611. The number of piperidine rings is 1. The van der Waals surface area contributed by atoms with Crippen LogP contribution in [0.25, 0.3) is 0 Å². The van der Waals surface area contributed by atoms with Gasteiger partial charge < -0.3 is 15.0 Å². The first kappa shape index (κ1) is 18.9. The number of carbonyl (C=O) groups excluding carboxylic acids is 1. The van der Waals surface area contributed by atoms with Crippen LogP contribution in [0.15, 0.2) is 23.1 Å². The average molecular weight is 383 g/mol. The summed E-state index contributed by atoms with van der Waals surface area (Å²) < 4.78 is 5.54. The van der Waals surface area contributed by atoms with Gasteiger partial charge in [-0.3, -0.25) is 4.79 Å². The molecule has 1 aromatic rings. The lowest BCUT2D eigenvalue weighted by molar-refractivity contribution is -0.123. The van der Waals surface area contributed by atoms with E-state index in [1.54, 1.807) is 0 Å². The Kier molecular flexibility index (Phi) is 6.18. The third-order valence-corrected chi connectivity index (χ3v) is 6.82. The molecule has 0 saturated carbocycles. The highest BCUT2D eigenvalue weighted by molar-refractivity contribution is 8.00. The minimum Gasteiger partial charge on any atom is -0.484 e. The number of nitrogens with one attached hydrogen (secondary N) is 1. The van der Waals surface area contributed by atoms with Crippen molar-refractivity contribution in [3.8, 4) is 5.75 Å². The predicted molar refractivity (Wildman–Crippen MR) is 104 cm³/mol. The van der Waals surface area contributed by atoms with Crippen LogP contribution in [-0.4, -0.2) is 47.8 Å². The maximum atomic E-state index is 11.7. The highest BCUT2D eigenvalue weighted by atomic mass is 35.5. The zero-order valence-electron chi connectivity index (χ0n) is 15.1. The lowest BCUT2D eigenvalue weighted by Gasteiger charge is -2.36. The molecule has 6 heteroatoms. The van der Waals surface area contributed by atoms with Crippen LogP contribution in [-0.2, 0) is 4.79 Å². The Morgan fingerprint density at radius 3 is 2.64 bits per heavy atom. The molecule has 1 aromatic carbocycles. The molecule has 0 aromatic heterocycles. The second-order valence-electron chi connectivity index (χ2n) is 7.36. The van der Waals surface area contributed by atoms with E-state index in [1.165, 1.54) is 25.7 Å². The number of ether oxygens (including phenoxy) is 1. The van der Waals surface area contributed by atoms with Gasteiger partial charge in [0.05, 0.1) is 5.02 Å². The number of nitrogens with zero attached hydrogens (tertiary/aromatic N) is 1. The van der Waals surface area contributed by atoms with E-state index < -0.39 is 0 Å². The summed E-state index contributed by atoms with van der Waals surface area (Å²) in [5.41, 5.74) is 0. The molecule has 25 heavy (non-hydrogen) atoms. The number of halogens is 1. The third kappa shape index (κ3) is 4.83. The molecule has 2 fully saturated rings. The maximum Gasteiger partial charge on any atom is 0.258 e. The highest BCUT2D eigenvalue weighted by Crippen LogP contribution is 2.43. The monoisotopic (exact) mass is 382 g/mol. The predicted octanol–water partition coefficient (Wildman–Crippen LogP) is 3.96. The fourth-order valence-corrected chi connectivity index (χ4v) is 5.43. The number of hydrogen-bond donors (Lipinski definition) is 1. The normalized spacial score (nSPS) is 26.0. The number of benzene rings is 1. The van der Waals surface area contributed by atoms with Crippen molar-refractivity contribution in [3.63, 3.8) is 0 Å². The summed E-state index contributed by atoms with van der Waals surface area (Å²) in [5, 5.41) is 4.15. The standard InChI is InChI=1S/C19H27ClN2O2S/c1-12(2)21-19(23)11-24-15-6-7-18(17(20)10-15)25-16-8-13-4-5-14(9-16)22(13)3/h6-7,10,12-14,16H,4-5,8-9,11H2,1-3H3,(H,21,23). The number of amides is 1. The van der Waals surface area contributed by atoms with Gasteiger partial charge in [0, 0.05) is 28.3 Å². The molecule has 0 spiro atoms. The van der Waals surface area contributed by atoms with Gasteiger partial charge >= 0.3 is 0 Å². The van der Waals surface area contributed by atoms with Gasteiger partial charge in [0.15, 0.2) is 6.61 Å². The number of rotatable bonds is 6. The van der Waals surface area contributed by atoms with E-state index in [2.05, 4.69) is 17.3 Å². The summed E-state index contributed by atoms with van der Waals surface area (Å²) in [5.74, 6) is 0.517. The molecule has 2 saturated heterocycles. The van der Waals surface area contributed by atoms with Gasteiger partial charge in [-0.25, -0.2) is 0 Å². The second-order valence-corrected chi connectivity index (χ2v) is 9.11. The summed E-state index contributed by atoms with van der Waals surface area (Å²) in [6, 6.07) is 7.32. The van der Waals surface area contributed by atoms with Crippen LogP contribution in [0.4, 0.5) is 0 Å². The van der Waals surface area contributed by atoms with Crippen LogP contribution in [0.1, 0.15) is 39.5 Å². The van der Waals surface area contributed by atoms with Crippen molar-refractivity contribution in [2.75, 3.05) is 13.7 Å². The van der Waals surface area contributed by atoms with Gasteiger partial charge in [-0.15, -0.1) is 11.8 Å². The fourth-order valence-electron chi connectivity index (χ4n) is 3.82. The van der Waals surface area contributed by atoms with Crippen molar-refractivity contribution in [3.05, 3.63) is 23.2 Å². The molecular weight excluding hydrogens is 356 g/mol. The second kappa shape index (κ2) is 8.19. The summed E-state index contributed by atoms with van der Waals surface area (Å²) in [7, 11) is 2.26. The molecule has 2 unspecified atom stereocenters. The largest absolute Gasteiger partial charge is 0.484 e. The lowest BCUT2D eigenvalue weighted by Crippen LogP contribution is -2.40. The summed E-state index contributed by atoms with van der Waals surface area (Å²) in [6.07, 6.45) is 5.14. The molecule has 2 bridgehead atoms. The van der Waals surface area contributed by atoms with Crippen LogP contribution >= 0.6 is 23.4 Å². The number of fused-ring (bicyclic) bond motifs is 2. The van der Waals surface area contributed by atoms with E-state index in [-0.39, 0.29) is 18.6 Å². The number of carbonyl (C=O) groups is 1. The molecule has 1 amide bonds.